The van der Waals surface area contributed by atoms with E-state index in [4.69, 9.17) is 0 Å². The largest absolute Gasteiger partial charge is 0.394 e. The van der Waals surface area contributed by atoms with Crippen LogP contribution in [0.15, 0.2) is 30.3 Å². The third kappa shape index (κ3) is 7.23. The summed E-state index contributed by atoms with van der Waals surface area (Å²) in [7, 11) is 0. The Morgan fingerprint density at radius 1 is 1.29 bits per heavy atom. The quantitative estimate of drug-likeness (QED) is 0.652. The Bertz CT molecular complexity index is 397. The van der Waals surface area contributed by atoms with Crippen molar-refractivity contribution in [2.75, 3.05) is 6.61 Å². The summed E-state index contributed by atoms with van der Waals surface area (Å²) in [5.74, 6) is -0.176. The summed E-state index contributed by atoms with van der Waals surface area (Å²) in [6.07, 6.45) is 2.90. The molecular weight excluding hydrogens is 269 g/mol. The molecule has 1 aromatic carbocycles. The number of aliphatic hydroxyl groups excluding tert-OH is 1. The number of halogens is 1. The Labute approximate surface area is 126 Å². The van der Waals surface area contributed by atoms with Gasteiger partial charge in [0.1, 0.15) is 6.17 Å². The summed E-state index contributed by atoms with van der Waals surface area (Å²) in [6.45, 7) is 1.70. The minimum atomic E-state index is -1.23. The number of amides is 1. The molecule has 3 nitrogen and oxygen atoms in total. The number of hydrogen-bond acceptors (Lipinski definition) is 2. The molecule has 4 heteroatoms. The van der Waals surface area contributed by atoms with E-state index in [2.05, 4.69) is 12.2 Å². The van der Waals surface area contributed by atoms with Gasteiger partial charge in [0, 0.05) is 6.42 Å². The van der Waals surface area contributed by atoms with Crippen LogP contribution in [0.25, 0.3) is 0 Å². The van der Waals surface area contributed by atoms with Crippen molar-refractivity contribution in [1.82, 2.24) is 5.32 Å². The van der Waals surface area contributed by atoms with Gasteiger partial charge in [-0.15, -0.1) is 0 Å². The summed E-state index contributed by atoms with van der Waals surface area (Å²) < 4.78 is 14.1. The van der Waals surface area contributed by atoms with Crippen LogP contribution in [0, 0.1) is 0 Å². The minimum Gasteiger partial charge on any atom is -0.394 e. The number of nitrogens with one attached hydrogen (secondary N) is 1. The van der Waals surface area contributed by atoms with Crippen LogP contribution >= 0.6 is 0 Å². The number of alkyl halides is 1. The molecule has 1 amide bonds. The van der Waals surface area contributed by atoms with Crippen molar-refractivity contribution in [3.63, 3.8) is 0 Å². The lowest BCUT2D eigenvalue weighted by Crippen LogP contribution is -2.44. The number of hydrogen-bond donors (Lipinski definition) is 2. The molecule has 0 aliphatic rings. The number of carbonyl (C=O) groups is 1. The van der Waals surface area contributed by atoms with Gasteiger partial charge in [-0.2, -0.15) is 0 Å². The molecule has 0 aromatic heterocycles. The van der Waals surface area contributed by atoms with Gasteiger partial charge in [-0.05, 0) is 24.8 Å². The van der Waals surface area contributed by atoms with Crippen molar-refractivity contribution in [2.45, 2.75) is 57.7 Å². The van der Waals surface area contributed by atoms with Crippen LogP contribution in [0.5, 0.6) is 0 Å². The van der Waals surface area contributed by atoms with Crippen LogP contribution in [0.1, 0.15) is 44.6 Å². The number of aliphatic hydroxyl groups is 1. The van der Waals surface area contributed by atoms with Gasteiger partial charge in [0.25, 0.3) is 0 Å². The lowest BCUT2D eigenvalue weighted by Gasteiger charge is -2.20. The summed E-state index contributed by atoms with van der Waals surface area (Å²) >= 11 is 0. The third-order valence-corrected chi connectivity index (χ3v) is 3.54. The Morgan fingerprint density at radius 2 is 2.00 bits per heavy atom. The molecule has 0 bridgehead atoms. The first kappa shape index (κ1) is 17.6. The third-order valence-electron chi connectivity index (χ3n) is 3.54. The SMILES string of the molecule is CCCCCC(=O)N[C@@H](CO)[C@@H](F)CCc1ccccc1. The lowest BCUT2D eigenvalue weighted by atomic mass is 10.0. The molecule has 0 fully saturated rings. The predicted octanol–water partition coefficient (Wildman–Crippen LogP) is 3.01. The zero-order valence-corrected chi connectivity index (χ0v) is 12.7. The summed E-state index contributed by atoms with van der Waals surface area (Å²) in [4.78, 5) is 11.7. The number of benzene rings is 1. The van der Waals surface area contributed by atoms with Crippen LogP contribution in [0.4, 0.5) is 4.39 Å². The van der Waals surface area contributed by atoms with Crippen LogP contribution in [0.2, 0.25) is 0 Å². The van der Waals surface area contributed by atoms with Gasteiger partial charge in [-0.3, -0.25) is 4.79 Å². The molecule has 0 aliphatic heterocycles. The summed E-state index contributed by atoms with van der Waals surface area (Å²) in [5, 5.41) is 11.9. The number of carbonyl (C=O) groups excluding carboxylic acids is 1. The van der Waals surface area contributed by atoms with E-state index in [0.717, 1.165) is 24.8 Å². The zero-order valence-electron chi connectivity index (χ0n) is 12.7. The maximum atomic E-state index is 14.1. The van der Waals surface area contributed by atoms with Gasteiger partial charge in [0.05, 0.1) is 12.6 Å². The number of unbranched alkanes of at least 4 members (excludes halogenated alkanes) is 2. The highest BCUT2D eigenvalue weighted by atomic mass is 19.1. The fraction of sp³-hybridized carbons (Fsp3) is 0.588. The van der Waals surface area contributed by atoms with E-state index in [9.17, 15) is 14.3 Å². The first-order valence-corrected chi connectivity index (χ1v) is 7.75. The molecule has 1 aromatic rings. The highest BCUT2D eigenvalue weighted by Crippen LogP contribution is 2.11. The average Bonchev–Trinajstić information content (AvgIpc) is 2.51. The highest BCUT2D eigenvalue weighted by molar-refractivity contribution is 5.76. The van der Waals surface area contributed by atoms with E-state index in [1.165, 1.54) is 0 Å². The highest BCUT2D eigenvalue weighted by Gasteiger charge is 2.21. The maximum absolute atomic E-state index is 14.1. The maximum Gasteiger partial charge on any atom is 0.220 e. The molecule has 118 valence electrons. The lowest BCUT2D eigenvalue weighted by molar-refractivity contribution is -0.122. The molecule has 0 aliphatic carbocycles. The van der Waals surface area contributed by atoms with Crippen molar-refractivity contribution < 1.29 is 14.3 Å². The van der Waals surface area contributed by atoms with Crippen molar-refractivity contribution in [3.05, 3.63) is 35.9 Å². The summed E-state index contributed by atoms with van der Waals surface area (Å²) in [6, 6.07) is 8.85. The minimum absolute atomic E-state index is 0.176. The van der Waals surface area contributed by atoms with Gasteiger partial charge in [-0.1, -0.05) is 50.1 Å². The molecule has 0 radical (unpaired) electrons. The van der Waals surface area contributed by atoms with Crippen molar-refractivity contribution >= 4 is 5.91 Å². The second-order valence-electron chi connectivity index (χ2n) is 5.35. The Balaban J connectivity index is 2.34. The zero-order chi connectivity index (χ0) is 15.5. The fourth-order valence-electron chi connectivity index (χ4n) is 2.22. The second-order valence-corrected chi connectivity index (χ2v) is 5.35. The van der Waals surface area contributed by atoms with Crippen molar-refractivity contribution in [3.8, 4) is 0 Å². The summed E-state index contributed by atoms with van der Waals surface area (Å²) in [5.41, 5.74) is 1.06. The first-order valence-electron chi connectivity index (χ1n) is 7.75. The molecule has 0 heterocycles. The van der Waals surface area contributed by atoms with Gasteiger partial charge >= 0.3 is 0 Å². The first-order chi connectivity index (χ1) is 10.2. The van der Waals surface area contributed by atoms with Gasteiger partial charge in [-0.25, -0.2) is 4.39 Å². The van der Waals surface area contributed by atoms with Crippen molar-refractivity contribution in [2.24, 2.45) is 0 Å². The van der Waals surface area contributed by atoms with Crippen molar-refractivity contribution in [1.29, 1.82) is 0 Å². The van der Waals surface area contributed by atoms with E-state index in [1.54, 1.807) is 0 Å². The second kappa shape index (κ2) is 10.3. The Kier molecular flexibility index (Phi) is 8.67. The van der Waals surface area contributed by atoms with Crippen LogP contribution in [-0.4, -0.2) is 29.8 Å². The molecule has 2 atom stereocenters. The Morgan fingerprint density at radius 3 is 2.62 bits per heavy atom. The number of rotatable bonds is 10. The van der Waals surface area contributed by atoms with E-state index in [-0.39, 0.29) is 12.5 Å². The predicted molar refractivity (Wildman–Crippen MR) is 82.8 cm³/mol. The molecule has 2 N–H and O–H groups in total. The molecule has 0 spiro atoms. The molecule has 0 unspecified atom stereocenters. The van der Waals surface area contributed by atoms with Gasteiger partial charge < -0.3 is 10.4 Å². The smallest absolute Gasteiger partial charge is 0.220 e. The molecule has 0 saturated heterocycles. The normalized spacial score (nSPS) is 13.7. The fourth-order valence-corrected chi connectivity index (χ4v) is 2.22. The molecule has 1 rings (SSSR count). The average molecular weight is 295 g/mol. The number of aryl methyl sites for hydroxylation is 1. The topological polar surface area (TPSA) is 49.3 Å². The Hall–Kier alpha value is -1.42. The van der Waals surface area contributed by atoms with E-state index in [0.29, 0.717) is 19.3 Å². The van der Waals surface area contributed by atoms with E-state index >= 15 is 0 Å². The van der Waals surface area contributed by atoms with Crippen LogP contribution < -0.4 is 5.32 Å². The van der Waals surface area contributed by atoms with Crippen LogP contribution in [0.3, 0.4) is 0 Å². The monoisotopic (exact) mass is 295 g/mol. The standard InChI is InChI=1S/C17H26FNO2/c1-2-3-5-10-17(21)19-16(13-20)15(18)12-11-14-8-6-4-7-9-14/h4,6-9,15-16,20H,2-3,5,10-13H2,1H3,(H,19,21)/t15-,16-/m0/s1. The van der Waals surface area contributed by atoms with E-state index < -0.39 is 12.2 Å². The molecule has 21 heavy (non-hydrogen) atoms. The molecule has 0 saturated carbocycles. The van der Waals surface area contributed by atoms with Gasteiger partial charge in [0.2, 0.25) is 5.91 Å². The van der Waals surface area contributed by atoms with Gasteiger partial charge in [0.15, 0.2) is 0 Å². The van der Waals surface area contributed by atoms with Crippen LogP contribution in [-0.2, 0) is 11.2 Å². The molecular formula is C17H26FNO2. The van der Waals surface area contributed by atoms with E-state index in [1.807, 2.05) is 30.3 Å².